The smallest absolute Gasteiger partial charge is 0.0831 e. The van der Waals surface area contributed by atoms with E-state index < -0.39 is 0 Å². The molecule has 0 spiro atoms. The first-order chi connectivity index (χ1) is 9.24. The van der Waals surface area contributed by atoms with E-state index in [-0.39, 0.29) is 12.4 Å². The lowest BCUT2D eigenvalue weighted by molar-refractivity contribution is 0.170. The Morgan fingerprint density at radius 2 is 2.10 bits per heavy atom. The summed E-state index contributed by atoms with van der Waals surface area (Å²) in [6, 6.07) is 0.717. The highest BCUT2D eigenvalue weighted by Gasteiger charge is 2.29. The van der Waals surface area contributed by atoms with Gasteiger partial charge < -0.3 is 5.32 Å². The minimum atomic E-state index is 0. The minimum Gasteiger partial charge on any atom is -0.314 e. The lowest BCUT2D eigenvalue weighted by atomic mass is 10.2. The van der Waals surface area contributed by atoms with Crippen molar-refractivity contribution in [3.63, 3.8) is 0 Å². The summed E-state index contributed by atoms with van der Waals surface area (Å²) >= 11 is 6.18. The Labute approximate surface area is 131 Å². The zero-order chi connectivity index (χ0) is 13.2. The first-order valence-electron chi connectivity index (χ1n) is 7.07. The molecule has 0 amide bonds. The second kappa shape index (κ2) is 7.09. The van der Waals surface area contributed by atoms with E-state index in [4.69, 9.17) is 11.6 Å². The Kier molecular flexibility index (Phi) is 5.69. The second-order valence-electron chi connectivity index (χ2n) is 5.53. The van der Waals surface area contributed by atoms with Crippen LogP contribution in [0.25, 0.3) is 0 Å². The summed E-state index contributed by atoms with van der Waals surface area (Å²) in [5.74, 6) is 0. The number of halogens is 2. The van der Waals surface area contributed by atoms with Gasteiger partial charge in [0.05, 0.1) is 16.9 Å². The SMILES string of the molecule is Cl.Cn1ncc(Cl)c1CN1CCC(N2CCNCC2)C1. The molecule has 3 rings (SSSR count). The fourth-order valence-electron chi connectivity index (χ4n) is 3.13. The topological polar surface area (TPSA) is 36.3 Å². The molecular weight excluding hydrogens is 297 g/mol. The van der Waals surface area contributed by atoms with Gasteiger partial charge in [0.2, 0.25) is 0 Å². The maximum atomic E-state index is 6.18. The molecule has 2 aliphatic rings. The van der Waals surface area contributed by atoms with Crippen LogP contribution < -0.4 is 5.32 Å². The van der Waals surface area contributed by atoms with Gasteiger partial charge >= 0.3 is 0 Å². The zero-order valence-corrected chi connectivity index (χ0v) is 13.5. The van der Waals surface area contributed by atoms with E-state index in [0.717, 1.165) is 43.4 Å². The average molecular weight is 320 g/mol. The molecule has 0 aliphatic carbocycles. The van der Waals surface area contributed by atoms with E-state index in [1.807, 2.05) is 11.7 Å². The first kappa shape index (κ1) is 16.0. The largest absolute Gasteiger partial charge is 0.314 e. The monoisotopic (exact) mass is 319 g/mol. The Bertz CT molecular complexity index is 411. The van der Waals surface area contributed by atoms with Crippen molar-refractivity contribution >= 4 is 24.0 Å². The predicted molar refractivity (Wildman–Crippen MR) is 83.6 cm³/mol. The van der Waals surface area contributed by atoms with E-state index in [1.165, 1.54) is 19.5 Å². The van der Waals surface area contributed by atoms with Crippen LogP contribution in [0.2, 0.25) is 5.02 Å². The number of rotatable bonds is 3. The van der Waals surface area contributed by atoms with E-state index >= 15 is 0 Å². The molecule has 0 bridgehead atoms. The predicted octanol–water partition coefficient (Wildman–Crippen LogP) is 0.975. The molecule has 0 radical (unpaired) electrons. The van der Waals surface area contributed by atoms with Crippen molar-refractivity contribution in [1.82, 2.24) is 24.9 Å². The molecule has 1 aromatic rings. The molecule has 0 aromatic carbocycles. The van der Waals surface area contributed by atoms with Crippen molar-refractivity contribution in [3.05, 3.63) is 16.9 Å². The summed E-state index contributed by atoms with van der Waals surface area (Å²) in [5.41, 5.74) is 1.13. The third kappa shape index (κ3) is 3.46. The fraction of sp³-hybridized carbons (Fsp3) is 0.769. The maximum Gasteiger partial charge on any atom is 0.0831 e. The lowest BCUT2D eigenvalue weighted by Crippen LogP contribution is -2.49. The highest BCUT2D eigenvalue weighted by atomic mass is 35.5. The molecule has 1 N–H and O–H groups in total. The average Bonchev–Trinajstić information content (AvgIpc) is 3.02. The number of aryl methyl sites for hydroxylation is 1. The van der Waals surface area contributed by atoms with Gasteiger partial charge in [-0.1, -0.05) is 11.6 Å². The Balaban J connectivity index is 0.00000147. The summed E-state index contributed by atoms with van der Waals surface area (Å²) in [7, 11) is 1.96. The van der Waals surface area contributed by atoms with Gasteiger partial charge in [0, 0.05) is 58.9 Å². The molecule has 114 valence electrons. The van der Waals surface area contributed by atoms with Gasteiger partial charge in [0.15, 0.2) is 0 Å². The lowest BCUT2D eigenvalue weighted by Gasteiger charge is -2.32. The zero-order valence-electron chi connectivity index (χ0n) is 11.9. The van der Waals surface area contributed by atoms with Crippen LogP contribution in [0.3, 0.4) is 0 Å². The van der Waals surface area contributed by atoms with Crippen LogP contribution in [0, 0.1) is 0 Å². The van der Waals surface area contributed by atoms with Crippen LogP contribution in [0.5, 0.6) is 0 Å². The number of nitrogens with one attached hydrogen (secondary N) is 1. The van der Waals surface area contributed by atoms with Crippen molar-refractivity contribution < 1.29 is 0 Å². The number of likely N-dealkylation sites (tertiary alicyclic amines) is 1. The standard InChI is InChI=1S/C13H22ClN5.ClH/c1-17-13(12(14)8-16-17)10-18-5-2-11(9-18)19-6-3-15-4-7-19;/h8,11,15H,2-7,9-10H2,1H3;1H. The molecule has 1 unspecified atom stereocenters. The summed E-state index contributed by atoms with van der Waals surface area (Å²) in [4.78, 5) is 5.12. The van der Waals surface area contributed by atoms with E-state index in [2.05, 4.69) is 20.2 Å². The third-order valence-electron chi connectivity index (χ3n) is 4.30. The first-order valence-corrected chi connectivity index (χ1v) is 7.45. The molecule has 20 heavy (non-hydrogen) atoms. The van der Waals surface area contributed by atoms with Crippen LogP contribution in [0.15, 0.2) is 6.20 Å². The summed E-state index contributed by atoms with van der Waals surface area (Å²) < 4.78 is 1.89. The van der Waals surface area contributed by atoms with Crippen LogP contribution in [-0.2, 0) is 13.6 Å². The summed E-state index contributed by atoms with van der Waals surface area (Å²) in [5, 5.41) is 8.41. The van der Waals surface area contributed by atoms with Gasteiger partial charge in [-0.2, -0.15) is 5.10 Å². The normalized spacial score (nSPS) is 24.8. The molecule has 3 heterocycles. The number of hydrogen-bond donors (Lipinski definition) is 1. The second-order valence-corrected chi connectivity index (χ2v) is 5.93. The van der Waals surface area contributed by atoms with Crippen molar-refractivity contribution in [1.29, 1.82) is 0 Å². The molecule has 1 aromatic heterocycles. The molecule has 7 heteroatoms. The molecule has 5 nitrogen and oxygen atoms in total. The van der Waals surface area contributed by atoms with Crippen molar-refractivity contribution in [3.8, 4) is 0 Å². The maximum absolute atomic E-state index is 6.18. The Hall–Kier alpha value is -0.330. The van der Waals surface area contributed by atoms with Gasteiger partial charge in [-0.15, -0.1) is 12.4 Å². The van der Waals surface area contributed by atoms with Crippen molar-refractivity contribution in [2.75, 3.05) is 39.3 Å². The van der Waals surface area contributed by atoms with Gasteiger partial charge in [0.1, 0.15) is 0 Å². The van der Waals surface area contributed by atoms with Crippen LogP contribution in [0.4, 0.5) is 0 Å². The van der Waals surface area contributed by atoms with Gasteiger partial charge in [-0.05, 0) is 6.42 Å². The highest BCUT2D eigenvalue weighted by Crippen LogP contribution is 2.21. The van der Waals surface area contributed by atoms with Gasteiger partial charge in [0.25, 0.3) is 0 Å². The Morgan fingerprint density at radius 3 is 2.75 bits per heavy atom. The molecule has 0 saturated carbocycles. The molecule has 2 aliphatic heterocycles. The van der Waals surface area contributed by atoms with E-state index in [0.29, 0.717) is 6.04 Å². The molecule has 1 atom stereocenters. The van der Waals surface area contributed by atoms with Crippen molar-refractivity contribution in [2.24, 2.45) is 7.05 Å². The highest BCUT2D eigenvalue weighted by molar-refractivity contribution is 6.31. The van der Waals surface area contributed by atoms with Crippen molar-refractivity contribution in [2.45, 2.75) is 19.0 Å². The number of nitrogens with zero attached hydrogens (tertiary/aromatic N) is 4. The summed E-state index contributed by atoms with van der Waals surface area (Å²) in [6.07, 6.45) is 3.01. The van der Waals surface area contributed by atoms with Crippen LogP contribution in [0.1, 0.15) is 12.1 Å². The van der Waals surface area contributed by atoms with Crippen LogP contribution in [-0.4, -0.2) is 64.9 Å². The summed E-state index contributed by atoms with van der Waals surface area (Å²) in [6.45, 7) is 7.86. The van der Waals surface area contributed by atoms with Gasteiger partial charge in [-0.25, -0.2) is 0 Å². The Morgan fingerprint density at radius 1 is 1.35 bits per heavy atom. The minimum absolute atomic E-state index is 0. The van der Waals surface area contributed by atoms with E-state index in [1.54, 1.807) is 6.20 Å². The quantitative estimate of drug-likeness (QED) is 0.901. The number of piperazine rings is 1. The van der Waals surface area contributed by atoms with Crippen LogP contribution >= 0.6 is 24.0 Å². The van der Waals surface area contributed by atoms with E-state index in [9.17, 15) is 0 Å². The van der Waals surface area contributed by atoms with Gasteiger partial charge in [-0.3, -0.25) is 14.5 Å². The fourth-order valence-corrected chi connectivity index (χ4v) is 3.35. The molecule has 2 fully saturated rings. The third-order valence-corrected chi connectivity index (χ3v) is 4.62. The molecular formula is C13H23Cl2N5. The number of hydrogen-bond acceptors (Lipinski definition) is 4. The molecule has 2 saturated heterocycles. The number of aromatic nitrogens is 2.